The second-order valence-corrected chi connectivity index (χ2v) is 5.51. The lowest BCUT2D eigenvalue weighted by Crippen LogP contribution is -2.53. The van der Waals surface area contributed by atoms with Crippen LogP contribution in [0.2, 0.25) is 0 Å². The van der Waals surface area contributed by atoms with Gasteiger partial charge in [-0.2, -0.15) is 0 Å². The van der Waals surface area contributed by atoms with E-state index >= 15 is 0 Å². The van der Waals surface area contributed by atoms with Crippen molar-refractivity contribution in [1.82, 2.24) is 15.5 Å². The number of carboxylic acids is 1. The third-order valence-electron chi connectivity index (χ3n) is 3.35. The Morgan fingerprint density at radius 3 is 2.39 bits per heavy atom. The summed E-state index contributed by atoms with van der Waals surface area (Å²) >= 11 is 0. The number of carbonyl (C=O) groups is 2. The highest BCUT2D eigenvalue weighted by atomic mass is 16.4. The van der Waals surface area contributed by atoms with E-state index in [1.54, 1.807) is 0 Å². The summed E-state index contributed by atoms with van der Waals surface area (Å²) in [6, 6.07) is -0.415. The largest absolute Gasteiger partial charge is 0.480 e. The van der Waals surface area contributed by atoms with E-state index in [2.05, 4.69) is 22.6 Å². The number of aliphatic carboxylic acids is 1. The van der Waals surface area contributed by atoms with Gasteiger partial charge in [0.25, 0.3) is 0 Å². The standard InChI is InChI=1S/C12H23N3O3/c1-12(2,10(16)17)14-11(18)13-8-9-4-6-15(3)7-5-9/h9H,4-8H2,1-3H3,(H,16,17)(H2,13,14,18). The van der Waals surface area contributed by atoms with E-state index in [9.17, 15) is 9.59 Å². The Morgan fingerprint density at radius 1 is 1.33 bits per heavy atom. The third-order valence-corrected chi connectivity index (χ3v) is 3.35. The van der Waals surface area contributed by atoms with Gasteiger partial charge in [-0.3, -0.25) is 0 Å². The molecule has 6 heteroatoms. The topological polar surface area (TPSA) is 81.7 Å². The molecule has 1 heterocycles. The smallest absolute Gasteiger partial charge is 0.328 e. The summed E-state index contributed by atoms with van der Waals surface area (Å²) in [6.45, 7) is 5.63. The molecule has 3 N–H and O–H groups in total. The van der Waals surface area contributed by atoms with Gasteiger partial charge in [0, 0.05) is 6.54 Å². The number of nitrogens with one attached hydrogen (secondary N) is 2. The highest BCUT2D eigenvalue weighted by molar-refractivity contribution is 5.85. The number of urea groups is 1. The van der Waals surface area contributed by atoms with Crippen LogP contribution in [-0.2, 0) is 4.79 Å². The summed E-state index contributed by atoms with van der Waals surface area (Å²) in [5.41, 5.74) is -1.24. The molecule has 1 rings (SSSR count). The van der Waals surface area contributed by atoms with Gasteiger partial charge in [0.15, 0.2) is 0 Å². The first-order chi connectivity index (χ1) is 8.31. The maximum absolute atomic E-state index is 11.6. The van der Waals surface area contributed by atoms with E-state index in [0.29, 0.717) is 12.5 Å². The average Bonchev–Trinajstić information content (AvgIpc) is 2.27. The van der Waals surface area contributed by atoms with Crippen LogP contribution >= 0.6 is 0 Å². The zero-order valence-electron chi connectivity index (χ0n) is 11.3. The van der Waals surface area contributed by atoms with Crippen LogP contribution < -0.4 is 10.6 Å². The highest BCUT2D eigenvalue weighted by Crippen LogP contribution is 2.14. The fourth-order valence-electron chi connectivity index (χ4n) is 1.88. The first-order valence-corrected chi connectivity index (χ1v) is 6.29. The minimum Gasteiger partial charge on any atom is -0.480 e. The van der Waals surface area contributed by atoms with Crippen LogP contribution in [0, 0.1) is 5.92 Å². The van der Waals surface area contributed by atoms with Crippen molar-refractivity contribution in [3.05, 3.63) is 0 Å². The second kappa shape index (κ2) is 6.04. The fraction of sp³-hybridized carbons (Fsp3) is 0.833. The number of amides is 2. The summed E-state index contributed by atoms with van der Waals surface area (Å²) in [5.74, 6) is -0.558. The van der Waals surface area contributed by atoms with Crippen molar-refractivity contribution in [1.29, 1.82) is 0 Å². The van der Waals surface area contributed by atoms with E-state index in [1.165, 1.54) is 13.8 Å². The summed E-state index contributed by atoms with van der Waals surface area (Å²) in [5, 5.41) is 14.1. The lowest BCUT2D eigenvalue weighted by atomic mass is 9.97. The van der Waals surface area contributed by atoms with Crippen LogP contribution in [0.3, 0.4) is 0 Å². The molecule has 0 bridgehead atoms. The van der Waals surface area contributed by atoms with E-state index in [-0.39, 0.29) is 0 Å². The molecule has 0 aliphatic carbocycles. The molecule has 1 saturated heterocycles. The van der Waals surface area contributed by atoms with Crippen LogP contribution in [0.1, 0.15) is 26.7 Å². The minimum atomic E-state index is -1.24. The highest BCUT2D eigenvalue weighted by Gasteiger charge is 2.29. The Morgan fingerprint density at radius 2 is 1.89 bits per heavy atom. The van der Waals surface area contributed by atoms with Crippen molar-refractivity contribution >= 4 is 12.0 Å². The molecule has 0 unspecified atom stereocenters. The second-order valence-electron chi connectivity index (χ2n) is 5.51. The maximum Gasteiger partial charge on any atom is 0.328 e. The maximum atomic E-state index is 11.6. The van der Waals surface area contributed by atoms with Gasteiger partial charge in [-0.25, -0.2) is 9.59 Å². The number of piperidine rings is 1. The molecule has 104 valence electrons. The van der Waals surface area contributed by atoms with Crippen molar-refractivity contribution in [2.24, 2.45) is 5.92 Å². The number of nitrogens with zero attached hydrogens (tertiary/aromatic N) is 1. The Kier molecular flexibility index (Phi) is 4.95. The van der Waals surface area contributed by atoms with Gasteiger partial charge in [0.05, 0.1) is 0 Å². The SMILES string of the molecule is CN1CCC(CNC(=O)NC(C)(C)C(=O)O)CC1. The summed E-state index contributed by atoms with van der Waals surface area (Å²) in [6.07, 6.45) is 2.14. The van der Waals surface area contributed by atoms with Crippen LogP contribution in [0.4, 0.5) is 4.79 Å². The van der Waals surface area contributed by atoms with Gasteiger partial charge in [-0.05, 0) is 52.7 Å². The first-order valence-electron chi connectivity index (χ1n) is 6.29. The normalized spacial score (nSPS) is 18.4. The lowest BCUT2D eigenvalue weighted by Gasteiger charge is -2.29. The summed E-state index contributed by atoms with van der Waals surface area (Å²) in [7, 11) is 2.09. The molecule has 0 aromatic heterocycles. The zero-order chi connectivity index (χ0) is 13.8. The Balaban J connectivity index is 2.27. The molecule has 0 aromatic rings. The molecule has 18 heavy (non-hydrogen) atoms. The molecule has 1 fully saturated rings. The molecule has 0 radical (unpaired) electrons. The average molecular weight is 257 g/mol. The fourth-order valence-corrected chi connectivity index (χ4v) is 1.88. The van der Waals surface area contributed by atoms with Gasteiger partial charge in [-0.1, -0.05) is 0 Å². The van der Waals surface area contributed by atoms with Crippen LogP contribution in [0.25, 0.3) is 0 Å². The Bertz CT molecular complexity index is 310. The third kappa shape index (κ3) is 4.52. The predicted octanol–water partition coefficient (Wildman–Crippen LogP) is 0.491. The van der Waals surface area contributed by atoms with Crippen molar-refractivity contribution in [2.75, 3.05) is 26.7 Å². The molecule has 0 saturated carbocycles. The first kappa shape index (κ1) is 14.8. The van der Waals surface area contributed by atoms with E-state index in [4.69, 9.17) is 5.11 Å². The van der Waals surface area contributed by atoms with E-state index < -0.39 is 17.5 Å². The van der Waals surface area contributed by atoms with E-state index in [1.807, 2.05) is 0 Å². The number of hydrogen-bond acceptors (Lipinski definition) is 3. The summed E-state index contributed by atoms with van der Waals surface area (Å²) in [4.78, 5) is 24.7. The van der Waals surface area contributed by atoms with Gasteiger partial charge in [0.1, 0.15) is 5.54 Å². The molecule has 1 aliphatic heterocycles. The minimum absolute atomic E-state index is 0.415. The summed E-state index contributed by atoms with van der Waals surface area (Å²) < 4.78 is 0. The van der Waals surface area contributed by atoms with Gasteiger partial charge >= 0.3 is 12.0 Å². The van der Waals surface area contributed by atoms with Crippen molar-refractivity contribution in [3.63, 3.8) is 0 Å². The van der Waals surface area contributed by atoms with Crippen LogP contribution in [0.15, 0.2) is 0 Å². The molecular formula is C12H23N3O3. The van der Waals surface area contributed by atoms with Crippen molar-refractivity contribution in [2.45, 2.75) is 32.2 Å². The molecule has 0 aromatic carbocycles. The predicted molar refractivity (Wildman–Crippen MR) is 68.5 cm³/mol. The quantitative estimate of drug-likeness (QED) is 0.684. The van der Waals surface area contributed by atoms with Crippen LogP contribution in [-0.4, -0.2) is 54.2 Å². The molecule has 0 atom stereocenters. The van der Waals surface area contributed by atoms with Crippen LogP contribution in [0.5, 0.6) is 0 Å². The van der Waals surface area contributed by atoms with E-state index in [0.717, 1.165) is 25.9 Å². The number of rotatable bonds is 4. The van der Waals surface area contributed by atoms with Crippen molar-refractivity contribution in [3.8, 4) is 0 Å². The van der Waals surface area contributed by atoms with Gasteiger partial charge in [-0.15, -0.1) is 0 Å². The molecule has 0 spiro atoms. The Labute approximate surface area is 108 Å². The number of carboxylic acid groups (broad SMARTS) is 1. The van der Waals surface area contributed by atoms with Gasteiger partial charge < -0.3 is 20.6 Å². The van der Waals surface area contributed by atoms with Crippen molar-refractivity contribution < 1.29 is 14.7 Å². The molecule has 2 amide bonds. The number of likely N-dealkylation sites (tertiary alicyclic amines) is 1. The zero-order valence-corrected chi connectivity index (χ0v) is 11.3. The molecule has 6 nitrogen and oxygen atoms in total. The molecular weight excluding hydrogens is 234 g/mol. The lowest BCUT2D eigenvalue weighted by molar-refractivity contribution is -0.142. The van der Waals surface area contributed by atoms with Gasteiger partial charge in [0.2, 0.25) is 0 Å². The molecule has 1 aliphatic rings. The monoisotopic (exact) mass is 257 g/mol. The Hall–Kier alpha value is -1.30. The number of carbonyl (C=O) groups excluding carboxylic acids is 1. The number of hydrogen-bond donors (Lipinski definition) is 3.